The van der Waals surface area contributed by atoms with E-state index >= 15 is 0 Å². The van der Waals surface area contributed by atoms with Gasteiger partial charge in [-0.2, -0.15) is 5.06 Å². The number of anilines is 1. The molecular weight excluding hydrogens is 368 g/mol. The number of ether oxygens (including phenoxy) is 2. The Kier molecular flexibility index (Phi) is 5.45. The third-order valence-electron chi connectivity index (χ3n) is 4.39. The lowest BCUT2D eigenvalue weighted by atomic mass is 10.1. The second-order valence-corrected chi connectivity index (χ2v) is 6.51. The first-order valence-electron chi connectivity index (χ1n) is 9.20. The van der Waals surface area contributed by atoms with Crippen LogP contribution in [0.15, 0.2) is 84.4 Å². The van der Waals surface area contributed by atoms with Gasteiger partial charge in [0.15, 0.2) is 0 Å². The van der Waals surface area contributed by atoms with Gasteiger partial charge in [0.2, 0.25) is 0 Å². The van der Waals surface area contributed by atoms with Gasteiger partial charge in [0, 0.05) is 12.1 Å². The van der Waals surface area contributed by atoms with Crippen molar-refractivity contribution < 1.29 is 19.5 Å². The fourth-order valence-electron chi connectivity index (χ4n) is 2.94. The van der Waals surface area contributed by atoms with Gasteiger partial charge < -0.3 is 14.8 Å². The number of benzene rings is 3. The Balaban J connectivity index is 1.41. The SMILES string of the molecule is O=C(NCC1=Cc2cc(Oc3ccccc3)ccc2OC1)N(O)c1ccccc1. The highest BCUT2D eigenvalue weighted by Gasteiger charge is 2.16. The van der Waals surface area contributed by atoms with Crippen LogP contribution in [0.4, 0.5) is 10.5 Å². The molecule has 0 atom stereocenters. The number of rotatable bonds is 5. The van der Waals surface area contributed by atoms with E-state index in [1.54, 1.807) is 24.3 Å². The Labute approximate surface area is 168 Å². The Bertz CT molecular complexity index is 1020. The van der Waals surface area contributed by atoms with Crippen molar-refractivity contribution in [3.63, 3.8) is 0 Å². The first-order valence-corrected chi connectivity index (χ1v) is 9.20. The van der Waals surface area contributed by atoms with E-state index in [1.807, 2.05) is 60.7 Å². The maximum atomic E-state index is 12.2. The lowest BCUT2D eigenvalue weighted by Crippen LogP contribution is -2.39. The van der Waals surface area contributed by atoms with Gasteiger partial charge in [-0.3, -0.25) is 5.21 Å². The summed E-state index contributed by atoms with van der Waals surface area (Å²) in [5.74, 6) is 2.21. The quantitative estimate of drug-likeness (QED) is 0.484. The smallest absolute Gasteiger partial charge is 0.346 e. The fraction of sp³-hybridized carbons (Fsp3) is 0.0870. The van der Waals surface area contributed by atoms with Crippen LogP contribution in [0.2, 0.25) is 0 Å². The molecule has 0 aliphatic carbocycles. The normalized spacial score (nSPS) is 12.2. The molecule has 3 aromatic rings. The minimum Gasteiger partial charge on any atom is -0.489 e. The number of hydrogen-bond donors (Lipinski definition) is 2. The second kappa shape index (κ2) is 8.50. The van der Waals surface area contributed by atoms with Gasteiger partial charge in [-0.1, -0.05) is 36.4 Å². The Morgan fingerprint density at radius 2 is 1.72 bits per heavy atom. The highest BCUT2D eigenvalue weighted by atomic mass is 16.5. The number of para-hydroxylation sites is 2. The summed E-state index contributed by atoms with van der Waals surface area (Å²) < 4.78 is 11.6. The van der Waals surface area contributed by atoms with E-state index in [2.05, 4.69) is 5.32 Å². The van der Waals surface area contributed by atoms with Crippen molar-refractivity contribution in [3.05, 3.63) is 90.0 Å². The highest BCUT2D eigenvalue weighted by Crippen LogP contribution is 2.31. The lowest BCUT2D eigenvalue weighted by Gasteiger charge is -2.20. The van der Waals surface area contributed by atoms with Crippen LogP contribution >= 0.6 is 0 Å². The standard InChI is InChI=1S/C23H20N2O4/c26-23(25(27)19-7-3-1-4-8-19)24-15-17-13-18-14-21(11-12-22(18)28-16-17)29-20-9-5-2-6-10-20/h1-14,27H,15-16H2,(H,24,26). The van der Waals surface area contributed by atoms with Crippen LogP contribution in [0.25, 0.3) is 6.08 Å². The van der Waals surface area contributed by atoms with Crippen molar-refractivity contribution >= 4 is 17.8 Å². The molecule has 6 nitrogen and oxygen atoms in total. The van der Waals surface area contributed by atoms with Crippen molar-refractivity contribution in [2.45, 2.75) is 0 Å². The van der Waals surface area contributed by atoms with Crippen LogP contribution < -0.4 is 19.9 Å². The Morgan fingerprint density at radius 1 is 1.00 bits per heavy atom. The van der Waals surface area contributed by atoms with Crippen molar-refractivity contribution in [2.75, 3.05) is 18.2 Å². The monoisotopic (exact) mass is 388 g/mol. The molecule has 1 aliphatic rings. The van der Waals surface area contributed by atoms with E-state index in [9.17, 15) is 10.0 Å². The van der Waals surface area contributed by atoms with Crippen molar-refractivity contribution in [3.8, 4) is 17.2 Å². The van der Waals surface area contributed by atoms with Gasteiger partial charge in [0.25, 0.3) is 0 Å². The number of urea groups is 1. The third-order valence-corrected chi connectivity index (χ3v) is 4.39. The van der Waals surface area contributed by atoms with Gasteiger partial charge in [0.05, 0.1) is 5.69 Å². The molecule has 1 heterocycles. The van der Waals surface area contributed by atoms with Crippen molar-refractivity contribution in [2.24, 2.45) is 0 Å². The minimum absolute atomic E-state index is 0.256. The molecule has 4 rings (SSSR count). The van der Waals surface area contributed by atoms with Gasteiger partial charge in [0.1, 0.15) is 23.9 Å². The molecule has 6 heteroatoms. The van der Waals surface area contributed by atoms with Crippen LogP contribution in [0.1, 0.15) is 5.56 Å². The average molecular weight is 388 g/mol. The molecule has 0 spiro atoms. The average Bonchev–Trinajstić information content (AvgIpc) is 2.78. The maximum absolute atomic E-state index is 12.2. The molecule has 0 radical (unpaired) electrons. The molecule has 1 aliphatic heterocycles. The Hall–Kier alpha value is -3.77. The molecule has 0 saturated heterocycles. The lowest BCUT2D eigenvalue weighted by molar-refractivity contribution is 0.205. The summed E-state index contributed by atoms with van der Waals surface area (Å²) in [4.78, 5) is 12.2. The van der Waals surface area contributed by atoms with E-state index in [0.717, 1.165) is 22.6 Å². The van der Waals surface area contributed by atoms with E-state index in [0.29, 0.717) is 23.1 Å². The molecule has 2 N–H and O–H groups in total. The number of fused-ring (bicyclic) bond motifs is 1. The summed E-state index contributed by atoms with van der Waals surface area (Å²) >= 11 is 0. The van der Waals surface area contributed by atoms with Gasteiger partial charge >= 0.3 is 6.03 Å². The molecule has 0 unspecified atom stereocenters. The minimum atomic E-state index is -0.607. The zero-order valence-electron chi connectivity index (χ0n) is 15.6. The summed E-state index contributed by atoms with van der Waals surface area (Å²) in [5.41, 5.74) is 2.15. The molecule has 146 valence electrons. The molecule has 0 bridgehead atoms. The Morgan fingerprint density at radius 3 is 2.48 bits per heavy atom. The topological polar surface area (TPSA) is 71.0 Å². The molecule has 2 amide bonds. The second-order valence-electron chi connectivity index (χ2n) is 6.51. The number of carbonyl (C=O) groups is 1. The molecule has 3 aromatic carbocycles. The number of hydrogen-bond acceptors (Lipinski definition) is 4. The van der Waals surface area contributed by atoms with Gasteiger partial charge in [-0.25, -0.2) is 4.79 Å². The van der Waals surface area contributed by atoms with Crippen molar-refractivity contribution in [1.29, 1.82) is 0 Å². The third kappa shape index (κ3) is 4.56. The van der Waals surface area contributed by atoms with E-state index in [1.165, 1.54) is 0 Å². The van der Waals surface area contributed by atoms with Crippen LogP contribution in [0.3, 0.4) is 0 Å². The van der Waals surface area contributed by atoms with Crippen molar-refractivity contribution in [1.82, 2.24) is 5.32 Å². The van der Waals surface area contributed by atoms with Crippen LogP contribution in [0.5, 0.6) is 17.2 Å². The maximum Gasteiger partial charge on any atom is 0.346 e. The van der Waals surface area contributed by atoms with Gasteiger partial charge in [-0.15, -0.1) is 0 Å². The predicted octanol–water partition coefficient (Wildman–Crippen LogP) is 4.86. The molecule has 29 heavy (non-hydrogen) atoms. The van der Waals surface area contributed by atoms with E-state index in [-0.39, 0.29) is 6.54 Å². The largest absolute Gasteiger partial charge is 0.489 e. The molecule has 0 fully saturated rings. The zero-order chi connectivity index (χ0) is 20.1. The summed E-state index contributed by atoms with van der Waals surface area (Å²) in [5, 5.41) is 13.3. The van der Waals surface area contributed by atoms with Crippen LogP contribution in [0, 0.1) is 0 Å². The number of carbonyl (C=O) groups excluding carboxylic acids is 1. The number of nitrogens with zero attached hydrogens (tertiary/aromatic N) is 1. The summed E-state index contributed by atoms with van der Waals surface area (Å²) in [6.45, 7) is 0.620. The molecule has 0 aromatic heterocycles. The summed E-state index contributed by atoms with van der Waals surface area (Å²) in [6.07, 6.45) is 1.96. The van der Waals surface area contributed by atoms with E-state index < -0.39 is 6.03 Å². The fourth-order valence-corrected chi connectivity index (χ4v) is 2.94. The molecular formula is C23H20N2O4. The number of hydroxylamine groups is 1. The van der Waals surface area contributed by atoms with Crippen LogP contribution in [-0.2, 0) is 0 Å². The number of nitrogens with one attached hydrogen (secondary N) is 1. The van der Waals surface area contributed by atoms with Crippen LogP contribution in [-0.4, -0.2) is 24.4 Å². The molecule has 0 saturated carbocycles. The summed E-state index contributed by atoms with van der Waals surface area (Å²) in [6, 6.07) is 23.1. The predicted molar refractivity (Wildman–Crippen MR) is 111 cm³/mol. The van der Waals surface area contributed by atoms with Gasteiger partial charge in [-0.05, 0) is 54.1 Å². The zero-order valence-corrected chi connectivity index (χ0v) is 15.6. The first kappa shape index (κ1) is 18.6. The summed E-state index contributed by atoms with van der Waals surface area (Å²) in [7, 11) is 0. The number of amides is 2. The van der Waals surface area contributed by atoms with E-state index in [4.69, 9.17) is 9.47 Å². The highest BCUT2D eigenvalue weighted by molar-refractivity contribution is 5.89. The first-order chi connectivity index (χ1) is 14.2.